The number of hydrogen-bond acceptors (Lipinski definition) is 2. The molecular weight excluding hydrogens is 260 g/mol. The number of carbonyl (C=O) groups excluding carboxylic acids is 1. The van der Waals surface area contributed by atoms with Gasteiger partial charge in [0.1, 0.15) is 6.61 Å². The molecule has 0 aliphatic carbocycles. The van der Waals surface area contributed by atoms with E-state index in [1.165, 1.54) is 0 Å². The van der Waals surface area contributed by atoms with Gasteiger partial charge < -0.3 is 4.74 Å². The van der Waals surface area contributed by atoms with Crippen molar-refractivity contribution in [3.8, 4) is 0 Å². The number of rotatable bonds is 6. The van der Waals surface area contributed by atoms with E-state index in [1.807, 2.05) is 72.8 Å². The van der Waals surface area contributed by atoms with Gasteiger partial charge in [-0.05, 0) is 17.5 Å². The van der Waals surface area contributed by atoms with Crippen molar-refractivity contribution < 1.29 is 9.53 Å². The lowest BCUT2D eigenvalue weighted by molar-refractivity contribution is -0.140. The van der Waals surface area contributed by atoms with Crippen LogP contribution in [0, 0.1) is 0 Å². The third-order valence-corrected chi connectivity index (χ3v) is 2.98. The van der Waals surface area contributed by atoms with Crippen molar-refractivity contribution in [3.63, 3.8) is 0 Å². The summed E-state index contributed by atoms with van der Waals surface area (Å²) < 4.78 is 5.22. The molecule has 0 bridgehead atoms. The summed E-state index contributed by atoms with van der Waals surface area (Å²) in [4.78, 5) is 11.8. The number of allylic oxidation sites excluding steroid dienone is 1. The highest BCUT2D eigenvalue weighted by molar-refractivity contribution is 5.88. The summed E-state index contributed by atoms with van der Waals surface area (Å²) in [7, 11) is 0. The predicted octanol–water partition coefficient (Wildman–Crippen LogP) is 4.39. The fraction of sp³-hybridized carbons (Fsp3) is 0.105. The first kappa shape index (κ1) is 14.8. The van der Waals surface area contributed by atoms with Crippen molar-refractivity contribution in [3.05, 3.63) is 90.0 Å². The Morgan fingerprint density at radius 3 is 2.29 bits per heavy atom. The molecule has 2 heteroatoms. The van der Waals surface area contributed by atoms with Gasteiger partial charge in [-0.2, -0.15) is 0 Å². The van der Waals surface area contributed by atoms with Gasteiger partial charge in [-0.3, -0.25) is 0 Å². The van der Waals surface area contributed by atoms with Gasteiger partial charge in [-0.15, -0.1) is 0 Å². The van der Waals surface area contributed by atoms with E-state index in [1.54, 1.807) is 0 Å². The van der Waals surface area contributed by atoms with E-state index in [2.05, 4.69) is 6.58 Å². The van der Waals surface area contributed by atoms with Gasteiger partial charge in [-0.25, -0.2) is 4.79 Å². The standard InChI is InChI=1S/C19H18O2/c1-16(9-8-14-17-10-4-2-5-11-17)19(20)21-15-18-12-6-3-7-13-18/h2-8,10-14H,1,9,15H2. The lowest BCUT2D eigenvalue weighted by atomic mass is 10.1. The molecule has 0 aliphatic heterocycles. The van der Waals surface area contributed by atoms with E-state index < -0.39 is 0 Å². The van der Waals surface area contributed by atoms with Crippen LogP contribution < -0.4 is 0 Å². The van der Waals surface area contributed by atoms with Crippen molar-refractivity contribution in [1.82, 2.24) is 0 Å². The van der Waals surface area contributed by atoms with Crippen molar-refractivity contribution in [2.75, 3.05) is 0 Å². The van der Waals surface area contributed by atoms with Gasteiger partial charge in [0.05, 0.1) is 0 Å². The molecule has 0 aromatic heterocycles. The maximum absolute atomic E-state index is 11.8. The molecule has 0 fully saturated rings. The van der Waals surface area contributed by atoms with Crippen LogP contribution in [0.1, 0.15) is 17.5 Å². The van der Waals surface area contributed by atoms with Gasteiger partial charge in [-0.1, -0.05) is 79.4 Å². The van der Waals surface area contributed by atoms with Gasteiger partial charge in [0.2, 0.25) is 0 Å². The Kier molecular flexibility index (Phi) is 5.53. The van der Waals surface area contributed by atoms with Crippen LogP contribution in [0.4, 0.5) is 0 Å². The quantitative estimate of drug-likeness (QED) is 0.578. The van der Waals surface area contributed by atoms with Crippen LogP contribution >= 0.6 is 0 Å². The Labute approximate surface area is 125 Å². The summed E-state index contributed by atoms with van der Waals surface area (Å²) in [6.45, 7) is 4.05. The average molecular weight is 278 g/mol. The van der Waals surface area contributed by atoms with E-state index in [9.17, 15) is 4.79 Å². The van der Waals surface area contributed by atoms with Crippen molar-refractivity contribution >= 4 is 12.0 Å². The monoisotopic (exact) mass is 278 g/mol. The zero-order chi connectivity index (χ0) is 14.9. The average Bonchev–Trinajstić information content (AvgIpc) is 2.54. The number of hydrogen-bond donors (Lipinski definition) is 0. The topological polar surface area (TPSA) is 26.3 Å². The fourth-order valence-electron chi connectivity index (χ4n) is 1.81. The van der Waals surface area contributed by atoms with Crippen molar-refractivity contribution in [2.24, 2.45) is 0 Å². The molecule has 21 heavy (non-hydrogen) atoms. The van der Waals surface area contributed by atoms with Crippen molar-refractivity contribution in [2.45, 2.75) is 13.0 Å². The normalized spacial score (nSPS) is 10.5. The molecule has 0 heterocycles. The number of benzene rings is 2. The van der Waals surface area contributed by atoms with E-state index in [4.69, 9.17) is 4.74 Å². The first-order valence-electron chi connectivity index (χ1n) is 6.86. The molecule has 0 saturated carbocycles. The second kappa shape index (κ2) is 7.85. The van der Waals surface area contributed by atoms with Crippen LogP contribution in [-0.4, -0.2) is 5.97 Å². The van der Waals surface area contributed by atoms with Crippen LogP contribution in [0.5, 0.6) is 0 Å². The van der Waals surface area contributed by atoms with Crippen LogP contribution in [-0.2, 0) is 16.1 Å². The highest BCUT2D eigenvalue weighted by Crippen LogP contribution is 2.08. The van der Waals surface area contributed by atoms with Crippen molar-refractivity contribution in [1.29, 1.82) is 0 Å². The Hall–Kier alpha value is -2.61. The molecular formula is C19H18O2. The SMILES string of the molecule is C=C(CC=Cc1ccccc1)C(=O)OCc1ccccc1. The number of ether oxygens (including phenoxy) is 1. The molecule has 2 aromatic rings. The van der Waals surface area contributed by atoms with Crippen LogP contribution in [0.15, 0.2) is 78.9 Å². The highest BCUT2D eigenvalue weighted by atomic mass is 16.5. The molecule has 0 spiro atoms. The molecule has 0 aliphatic rings. The van der Waals surface area contributed by atoms with E-state index in [-0.39, 0.29) is 12.6 Å². The summed E-state index contributed by atoms with van der Waals surface area (Å²) in [5.41, 5.74) is 2.53. The summed E-state index contributed by atoms with van der Waals surface area (Å²) in [5, 5.41) is 0. The van der Waals surface area contributed by atoms with Gasteiger partial charge in [0, 0.05) is 5.57 Å². The Morgan fingerprint density at radius 2 is 1.62 bits per heavy atom. The lowest BCUT2D eigenvalue weighted by Gasteiger charge is -2.05. The molecule has 0 N–H and O–H groups in total. The van der Waals surface area contributed by atoms with Gasteiger partial charge >= 0.3 is 5.97 Å². The van der Waals surface area contributed by atoms with Gasteiger partial charge in [0.25, 0.3) is 0 Å². The minimum atomic E-state index is -0.350. The summed E-state index contributed by atoms with van der Waals surface area (Å²) in [6.07, 6.45) is 4.37. The van der Waals surface area contributed by atoms with Crippen LogP contribution in [0.2, 0.25) is 0 Å². The molecule has 2 aromatic carbocycles. The van der Waals surface area contributed by atoms with Gasteiger partial charge in [0.15, 0.2) is 0 Å². The molecule has 106 valence electrons. The number of esters is 1. The molecule has 0 unspecified atom stereocenters. The van der Waals surface area contributed by atoms with Crippen LogP contribution in [0.25, 0.3) is 6.08 Å². The fourth-order valence-corrected chi connectivity index (χ4v) is 1.81. The van der Waals surface area contributed by atoms with E-state index >= 15 is 0 Å². The summed E-state index contributed by atoms with van der Waals surface area (Å²) in [5.74, 6) is -0.350. The summed E-state index contributed by atoms with van der Waals surface area (Å²) in [6, 6.07) is 19.5. The Morgan fingerprint density at radius 1 is 1.00 bits per heavy atom. The van der Waals surface area contributed by atoms with E-state index in [0.717, 1.165) is 11.1 Å². The molecule has 2 rings (SSSR count). The second-order valence-electron chi connectivity index (χ2n) is 4.68. The molecule has 0 saturated heterocycles. The summed E-state index contributed by atoms with van der Waals surface area (Å²) >= 11 is 0. The second-order valence-corrected chi connectivity index (χ2v) is 4.68. The zero-order valence-corrected chi connectivity index (χ0v) is 11.9. The smallest absolute Gasteiger partial charge is 0.334 e. The predicted molar refractivity (Wildman–Crippen MR) is 85.5 cm³/mol. The first-order chi connectivity index (χ1) is 10.3. The van der Waals surface area contributed by atoms with Crippen LogP contribution in [0.3, 0.4) is 0 Å². The third-order valence-electron chi connectivity index (χ3n) is 2.98. The number of carbonyl (C=O) groups is 1. The maximum Gasteiger partial charge on any atom is 0.334 e. The maximum atomic E-state index is 11.8. The molecule has 0 atom stereocenters. The zero-order valence-electron chi connectivity index (χ0n) is 11.9. The molecule has 0 amide bonds. The minimum absolute atomic E-state index is 0.279. The Bertz CT molecular complexity index is 613. The Balaban J connectivity index is 1.78. The largest absolute Gasteiger partial charge is 0.457 e. The molecule has 2 nitrogen and oxygen atoms in total. The third kappa shape index (κ3) is 5.11. The first-order valence-corrected chi connectivity index (χ1v) is 6.86. The minimum Gasteiger partial charge on any atom is -0.457 e. The molecule has 0 radical (unpaired) electrons. The van der Waals surface area contributed by atoms with E-state index in [0.29, 0.717) is 12.0 Å². The highest BCUT2D eigenvalue weighted by Gasteiger charge is 2.06. The lowest BCUT2D eigenvalue weighted by Crippen LogP contribution is -2.06.